The third kappa shape index (κ3) is 2.27. The molecule has 6 nitrogen and oxygen atoms in total. The fourth-order valence-electron chi connectivity index (χ4n) is 2.13. The van der Waals surface area contributed by atoms with Crippen LogP contribution in [0.5, 0.6) is 0 Å². The normalized spacial score (nSPS) is 22.8. The predicted molar refractivity (Wildman–Crippen MR) is 59.2 cm³/mol. The Morgan fingerprint density at radius 2 is 2.31 bits per heavy atom. The molecular weight excluding hydrogens is 210 g/mol. The average molecular weight is 229 g/mol. The van der Waals surface area contributed by atoms with Crippen LogP contribution in [-0.4, -0.2) is 39.2 Å². The molecular formula is C10H19N3O3. The van der Waals surface area contributed by atoms with E-state index in [2.05, 4.69) is 5.16 Å². The Morgan fingerprint density at radius 3 is 2.75 bits per heavy atom. The second-order valence-corrected chi connectivity index (χ2v) is 4.60. The van der Waals surface area contributed by atoms with E-state index >= 15 is 0 Å². The van der Waals surface area contributed by atoms with Gasteiger partial charge in [-0.1, -0.05) is 19.0 Å². The maximum atomic E-state index is 11.3. The van der Waals surface area contributed by atoms with Crippen molar-refractivity contribution in [2.45, 2.75) is 38.8 Å². The fourth-order valence-corrected chi connectivity index (χ4v) is 2.13. The maximum Gasteiger partial charge on any atom is 0.344 e. The molecule has 0 aromatic heterocycles. The van der Waals surface area contributed by atoms with Crippen LogP contribution in [0.2, 0.25) is 0 Å². The van der Waals surface area contributed by atoms with E-state index in [1.165, 1.54) is 4.90 Å². The number of amidine groups is 1. The molecule has 0 bridgehead atoms. The molecule has 0 unspecified atom stereocenters. The van der Waals surface area contributed by atoms with E-state index in [1.807, 2.05) is 13.8 Å². The SMILES string of the molecule is CC(C)C[C@](N)(C(=O)O)N1CCCC1=NO. The van der Waals surface area contributed by atoms with E-state index in [9.17, 15) is 9.90 Å². The quantitative estimate of drug-likeness (QED) is 0.485. The van der Waals surface area contributed by atoms with E-state index in [-0.39, 0.29) is 5.92 Å². The van der Waals surface area contributed by atoms with E-state index in [4.69, 9.17) is 10.9 Å². The van der Waals surface area contributed by atoms with Crippen molar-refractivity contribution in [3.63, 3.8) is 0 Å². The maximum absolute atomic E-state index is 11.3. The van der Waals surface area contributed by atoms with Gasteiger partial charge < -0.3 is 15.2 Å². The largest absolute Gasteiger partial charge is 0.478 e. The minimum atomic E-state index is -1.47. The second-order valence-electron chi connectivity index (χ2n) is 4.60. The summed E-state index contributed by atoms with van der Waals surface area (Å²) in [5, 5.41) is 21.2. The molecule has 0 saturated carbocycles. The number of carbonyl (C=O) groups is 1. The number of nitrogens with zero attached hydrogens (tertiary/aromatic N) is 2. The lowest BCUT2D eigenvalue weighted by molar-refractivity contribution is -0.149. The molecule has 1 aliphatic heterocycles. The summed E-state index contributed by atoms with van der Waals surface area (Å²) in [5.41, 5.74) is 4.48. The van der Waals surface area contributed by atoms with Gasteiger partial charge in [-0.05, 0) is 18.8 Å². The van der Waals surface area contributed by atoms with Gasteiger partial charge in [-0.15, -0.1) is 0 Å². The molecule has 16 heavy (non-hydrogen) atoms. The molecule has 0 aromatic carbocycles. The number of likely N-dealkylation sites (tertiary alicyclic amines) is 1. The molecule has 1 fully saturated rings. The number of hydrogen-bond acceptors (Lipinski definition) is 4. The molecule has 0 amide bonds. The molecule has 1 atom stereocenters. The third-order valence-corrected chi connectivity index (χ3v) is 2.78. The second kappa shape index (κ2) is 4.69. The van der Waals surface area contributed by atoms with Crippen molar-refractivity contribution in [3.05, 3.63) is 0 Å². The van der Waals surface area contributed by atoms with Crippen LogP contribution in [0.15, 0.2) is 5.16 Å². The van der Waals surface area contributed by atoms with Crippen molar-refractivity contribution in [2.75, 3.05) is 6.54 Å². The van der Waals surface area contributed by atoms with E-state index in [0.717, 1.165) is 6.42 Å². The minimum Gasteiger partial charge on any atom is -0.478 e. The molecule has 0 radical (unpaired) electrons. The van der Waals surface area contributed by atoms with E-state index < -0.39 is 11.6 Å². The van der Waals surface area contributed by atoms with Gasteiger partial charge in [-0.3, -0.25) is 5.73 Å². The zero-order chi connectivity index (χ0) is 12.3. The Morgan fingerprint density at radius 1 is 1.69 bits per heavy atom. The first kappa shape index (κ1) is 12.8. The zero-order valence-electron chi connectivity index (χ0n) is 9.68. The highest BCUT2D eigenvalue weighted by Gasteiger charge is 2.44. The van der Waals surface area contributed by atoms with Crippen molar-refractivity contribution in [3.8, 4) is 0 Å². The highest BCUT2D eigenvalue weighted by atomic mass is 16.4. The molecule has 1 aliphatic rings. The van der Waals surface area contributed by atoms with Crippen LogP contribution in [0.1, 0.15) is 33.1 Å². The van der Waals surface area contributed by atoms with Gasteiger partial charge in [-0.2, -0.15) is 0 Å². The van der Waals surface area contributed by atoms with E-state index in [1.54, 1.807) is 0 Å². The summed E-state index contributed by atoms with van der Waals surface area (Å²) >= 11 is 0. The number of nitrogens with two attached hydrogens (primary N) is 1. The predicted octanol–water partition coefficient (Wildman–Crippen LogP) is 0.656. The first-order valence-electron chi connectivity index (χ1n) is 5.42. The summed E-state index contributed by atoms with van der Waals surface area (Å²) in [4.78, 5) is 12.8. The van der Waals surface area contributed by atoms with Crippen LogP contribution in [0.3, 0.4) is 0 Å². The van der Waals surface area contributed by atoms with Crippen molar-refractivity contribution in [1.82, 2.24) is 4.90 Å². The molecule has 0 spiro atoms. The highest BCUT2D eigenvalue weighted by molar-refractivity contribution is 5.90. The van der Waals surface area contributed by atoms with Crippen LogP contribution in [0.4, 0.5) is 0 Å². The lowest BCUT2D eigenvalue weighted by atomic mass is 9.96. The van der Waals surface area contributed by atoms with Crippen molar-refractivity contribution in [2.24, 2.45) is 16.8 Å². The van der Waals surface area contributed by atoms with Crippen LogP contribution in [-0.2, 0) is 4.79 Å². The Kier molecular flexibility index (Phi) is 3.74. The Labute approximate surface area is 94.7 Å². The first-order valence-corrected chi connectivity index (χ1v) is 5.42. The number of carboxylic acid groups (broad SMARTS) is 1. The number of carboxylic acids is 1. The Balaban J connectivity index is 2.97. The lowest BCUT2D eigenvalue weighted by Crippen LogP contribution is -2.62. The molecule has 1 saturated heterocycles. The van der Waals surface area contributed by atoms with Gasteiger partial charge in [0, 0.05) is 13.0 Å². The summed E-state index contributed by atoms with van der Waals surface area (Å²) in [5.74, 6) is -0.559. The van der Waals surface area contributed by atoms with Crippen LogP contribution in [0, 0.1) is 5.92 Å². The van der Waals surface area contributed by atoms with Gasteiger partial charge >= 0.3 is 5.97 Å². The smallest absolute Gasteiger partial charge is 0.344 e. The van der Waals surface area contributed by atoms with Gasteiger partial charge in [-0.25, -0.2) is 4.79 Å². The minimum absolute atomic E-state index is 0.154. The van der Waals surface area contributed by atoms with Gasteiger partial charge in [0.15, 0.2) is 5.66 Å². The number of aliphatic carboxylic acids is 1. The summed E-state index contributed by atoms with van der Waals surface area (Å²) in [6.45, 7) is 4.35. The number of rotatable bonds is 4. The van der Waals surface area contributed by atoms with Gasteiger partial charge in [0.05, 0.1) is 0 Å². The van der Waals surface area contributed by atoms with Crippen LogP contribution < -0.4 is 5.73 Å². The first-order chi connectivity index (χ1) is 7.41. The lowest BCUT2D eigenvalue weighted by Gasteiger charge is -2.36. The van der Waals surface area contributed by atoms with Crippen molar-refractivity contribution >= 4 is 11.8 Å². The van der Waals surface area contributed by atoms with Gasteiger partial charge in [0.1, 0.15) is 5.84 Å². The van der Waals surface area contributed by atoms with Gasteiger partial charge in [0.2, 0.25) is 0 Å². The third-order valence-electron chi connectivity index (χ3n) is 2.78. The topological polar surface area (TPSA) is 99.2 Å². The van der Waals surface area contributed by atoms with Crippen molar-refractivity contribution in [1.29, 1.82) is 0 Å². The zero-order valence-corrected chi connectivity index (χ0v) is 9.68. The Bertz CT molecular complexity index is 304. The molecule has 0 aromatic rings. The standard InChI is InChI=1S/C10H19N3O3/c1-7(2)6-10(11,9(14)15)13-5-3-4-8(13)12-16/h7,16H,3-6,11H2,1-2H3,(H,14,15)/t10-/m1/s1. The Hall–Kier alpha value is -1.30. The number of oxime groups is 1. The molecule has 1 rings (SSSR count). The fraction of sp³-hybridized carbons (Fsp3) is 0.800. The van der Waals surface area contributed by atoms with E-state index in [0.29, 0.717) is 25.2 Å². The summed E-state index contributed by atoms with van der Waals surface area (Å²) in [7, 11) is 0. The molecule has 92 valence electrons. The summed E-state index contributed by atoms with van der Waals surface area (Å²) in [6.07, 6.45) is 1.66. The number of hydrogen-bond donors (Lipinski definition) is 3. The summed E-state index contributed by atoms with van der Waals surface area (Å²) < 4.78 is 0. The van der Waals surface area contributed by atoms with Crippen LogP contribution >= 0.6 is 0 Å². The molecule has 6 heteroatoms. The monoisotopic (exact) mass is 229 g/mol. The molecule has 1 heterocycles. The van der Waals surface area contributed by atoms with Crippen LogP contribution in [0.25, 0.3) is 0 Å². The van der Waals surface area contributed by atoms with Crippen molar-refractivity contribution < 1.29 is 15.1 Å². The molecule has 4 N–H and O–H groups in total. The molecule has 0 aliphatic carbocycles. The van der Waals surface area contributed by atoms with Gasteiger partial charge in [0.25, 0.3) is 0 Å². The summed E-state index contributed by atoms with van der Waals surface area (Å²) in [6, 6.07) is 0. The highest BCUT2D eigenvalue weighted by Crippen LogP contribution is 2.25. The average Bonchev–Trinajstić information content (AvgIpc) is 2.64.